The summed E-state index contributed by atoms with van der Waals surface area (Å²) >= 11 is 0. The standard InChI is InChI=1S/C13H25NO3/c1-2-13(14,12(15)16)9-6-10-17-11-7-4-3-5-8-11/h11H,2-10,14H2,1H3,(H,15,16). The van der Waals surface area contributed by atoms with Crippen LogP contribution in [-0.2, 0) is 9.53 Å². The highest BCUT2D eigenvalue weighted by Gasteiger charge is 2.31. The highest BCUT2D eigenvalue weighted by atomic mass is 16.5. The van der Waals surface area contributed by atoms with E-state index in [1.54, 1.807) is 0 Å². The normalized spacial score (nSPS) is 21.1. The molecule has 3 N–H and O–H groups in total. The van der Waals surface area contributed by atoms with Crippen LogP contribution in [0, 0.1) is 0 Å². The molecule has 1 aliphatic rings. The van der Waals surface area contributed by atoms with Gasteiger partial charge < -0.3 is 15.6 Å². The van der Waals surface area contributed by atoms with E-state index in [0.29, 0.717) is 25.6 Å². The molecule has 0 heterocycles. The predicted molar refractivity (Wildman–Crippen MR) is 66.9 cm³/mol. The summed E-state index contributed by atoms with van der Waals surface area (Å²) in [6.07, 6.45) is 8.22. The zero-order valence-electron chi connectivity index (χ0n) is 10.8. The van der Waals surface area contributed by atoms with Gasteiger partial charge in [0.05, 0.1) is 6.10 Å². The monoisotopic (exact) mass is 243 g/mol. The summed E-state index contributed by atoms with van der Waals surface area (Å²) < 4.78 is 5.75. The predicted octanol–water partition coefficient (Wildman–Crippen LogP) is 2.31. The van der Waals surface area contributed by atoms with Gasteiger partial charge in [-0.3, -0.25) is 4.79 Å². The number of carbonyl (C=O) groups is 1. The van der Waals surface area contributed by atoms with Crippen LogP contribution in [-0.4, -0.2) is 29.3 Å². The van der Waals surface area contributed by atoms with E-state index >= 15 is 0 Å². The summed E-state index contributed by atoms with van der Waals surface area (Å²) in [5, 5.41) is 9.01. The minimum atomic E-state index is -1.07. The molecular formula is C13H25NO3. The molecule has 1 aliphatic carbocycles. The molecule has 4 heteroatoms. The van der Waals surface area contributed by atoms with Gasteiger partial charge in [0.15, 0.2) is 0 Å². The number of rotatable bonds is 7. The third-order valence-corrected chi connectivity index (χ3v) is 3.73. The molecule has 0 aromatic rings. The van der Waals surface area contributed by atoms with Crippen LogP contribution in [0.2, 0.25) is 0 Å². The second-order valence-corrected chi connectivity index (χ2v) is 5.05. The van der Waals surface area contributed by atoms with Crippen molar-refractivity contribution in [3.8, 4) is 0 Å². The van der Waals surface area contributed by atoms with Gasteiger partial charge in [-0.25, -0.2) is 0 Å². The third kappa shape index (κ3) is 4.64. The number of carboxylic acids is 1. The van der Waals surface area contributed by atoms with E-state index in [9.17, 15) is 4.79 Å². The van der Waals surface area contributed by atoms with Crippen molar-refractivity contribution in [2.75, 3.05) is 6.61 Å². The lowest BCUT2D eigenvalue weighted by atomic mass is 9.92. The Kier molecular flexibility index (Phi) is 5.92. The Balaban J connectivity index is 2.16. The van der Waals surface area contributed by atoms with Gasteiger partial charge in [-0.1, -0.05) is 26.2 Å². The van der Waals surface area contributed by atoms with Crippen LogP contribution in [0.4, 0.5) is 0 Å². The zero-order chi connectivity index (χ0) is 12.7. The van der Waals surface area contributed by atoms with Crippen LogP contribution >= 0.6 is 0 Å². The van der Waals surface area contributed by atoms with E-state index in [-0.39, 0.29) is 0 Å². The number of ether oxygens (including phenoxy) is 1. The molecule has 0 radical (unpaired) electrons. The molecule has 17 heavy (non-hydrogen) atoms. The molecule has 1 rings (SSSR count). The maximum atomic E-state index is 11.0. The highest BCUT2D eigenvalue weighted by molar-refractivity contribution is 5.78. The summed E-state index contributed by atoms with van der Waals surface area (Å²) in [5.41, 5.74) is 4.73. The molecule has 0 aliphatic heterocycles. The molecule has 0 bridgehead atoms. The second kappa shape index (κ2) is 6.97. The number of hydrogen-bond donors (Lipinski definition) is 2. The summed E-state index contributed by atoms with van der Waals surface area (Å²) in [6, 6.07) is 0. The Morgan fingerprint density at radius 3 is 2.59 bits per heavy atom. The fraction of sp³-hybridized carbons (Fsp3) is 0.923. The van der Waals surface area contributed by atoms with E-state index in [1.165, 1.54) is 19.3 Å². The quantitative estimate of drug-likeness (QED) is 0.673. The molecule has 0 spiro atoms. The summed E-state index contributed by atoms with van der Waals surface area (Å²) in [7, 11) is 0. The first-order chi connectivity index (χ1) is 8.08. The van der Waals surface area contributed by atoms with Crippen LogP contribution in [0.3, 0.4) is 0 Å². The minimum absolute atomic E-state index is 0.391. The molecule has 1 unspecified atom stereocenters. The maximum Gasteiger partial charge on any atom is 0.323 e. The maximum absolute atomic E-state index is 11.0. The lowest BCUT2D eigenvalue weighted by molar-refractivity contribution is -0.143. The molecule has 1 atom stereocenters. The van der Waals surface area contributed by atoms with E-state index in [2.05, 4.69) is 0 Å². The first-order valence-electron chi connectivity index (χ1n) is 6.72. The third-order valence-electron chi connectivity index (χ3n) is 3.73. The number of carboxylic acid groups (broad SMARTS) is 1. The molecule has 0 aromatic carbocycles. The smallest absolute Gasteiger partial charge is 0.323 e. The molecule has 0 saturated heterocycles. The average molecular weight is 243 g/mol. The SMILES string of the molecule is CCC(N)(CCCOC1CCCCC1)C(=O)O. The van der Waals surface area contributed by atoms with Crippen molar-refractivity contribution in [2.24, 2.45) is 5.73 Å². The summed E-state index contributed by atoms with van der Waals surface area (Å²) in [6.45, 7) is 2.45. The first-order valence-corrected chi connectivity index (χ1v) is 6.72. The van der Waals surface area contributed by atoms with Gasteiger partial charge in [0, 0.05) is 6.61 Å². The molecule has 0 aromatic heterocycles. The van der Waals surface area contributed by atoms with Crippen LogP contribution in [0.1, 0.15) is 58.3 Å². The lowest BCUT2D eigenvalue weighted by Crippen LogP contribution is -2.47. The molecular weight excluding hydrogens is 218 g/mol. The fourth-order valence-corrected chi connectivity index (χ4v) is 2.30. The molecule has 100 valence electrons. The van der Waals surface area contributed by atoms with Crippen molar-refractivity contribution in [3.63, 3.8) is 0 Å². The molecule has 1 saturated carbocycles. The average Bonchev–Trinajstić information content (AvgIpc) is 2.35. The van der Waals surface area contributed by atoms with Crippen molar-refractivity contribution in [1.82, 2.24) is 0 Å². The van der Waals surface area contributed by atoms with Gasteiger partial charge in [0.1, 0.15) is 5.54 Å². The van der Waals surface area contributed by atoms with Crippen molar-refractivity contribution in [2.45, 2.75) is 69.9 Å². The minimum Gasteiger partial charge on any atom is -0.480 e. The van der Waals surface area contributed by atoms with E-state index in [4.69, 9.17) is 15.6 Å². The highest BCUT2D eigenvalue weighted by Crippen LogP contribution is 2.21. The van der Waals surface area contributed by atoms with Crippen molar-refractivity contribution in [3.05, 3.63) is 0 Å². The number of nitrogens with two attached hydrogens (primary N) is 1. The molecule has 4 nitrogen and oxygen atoms in total. The van der Waals surface area contributed by atoms with Crippen LogP contribution in [0.25, 0.3) is 0 Å². The first kappa shape index (κ1) is 14.5. The lowest BCUT2D eigenvalue weighted by Gasteiger charge is -2.25. The number of hydrogen-bond acceptors (Lipinski definition) is 3. The zero-order valence-corrected chi connectivity index (χ0v) is 10.8. The molecule has 1 fully saturated rings. The Morgan fingerprint density at radius 2 is 2.06 bits per heavy atom. The second-order valence-electron chi connectivity index (χ2n) is 5.05. The van der Waals surface area contributed by atoms with Gasteiger partial charge >= 0.3 is 5.97 Å². The van der Waals surface area contributed by atoms with E-state index < -0.39 is 11.5 Å². The summed E-state index contributed by atoms with van der Waals surface area (Å²) in [4.78, 5) is 11.0. The molecule has 0 amide bonds. The fourth-order valence-electron chi connectivity index (χ4n) is 2.30. The Hall–Kier alpha value is -0.610. The van der Waals surface area contributed by atoms with Crippen LogP contribution in [0.15, 0.2) is 0 Å². The van der Waals surface area contributed by atoms with Gasteiger partial charge in [0.25, 0.3) is 0 Å². The number of aliphatic carboxylic acids is 1. The van der Waals surface area contributed by atoms with E-state index in [1.807, 2.05) is 6.92 Å². The van der Waals surface area contributed by atoms with Gasteiger partial charge in [-0.05, 0) is 32.1 Å². The van der Waals surface area contributed by atoms with Crippen molar-refractivity contribution in [1.29, 1.82) is 0 Å². The van der Waals surface area contributed by atoms with Gasteiger partial charge in [-0.2, -0.15) is 0 Å². The van der Waals surface area contributed by atoms with E-state index in [0.717, 1.165) is 19.3 Å². The van der Waals surface area contributed by atoms with Crippen LogP contribution < -0.4 is 5.73 Å². The van der Waals surface area contributed by atoms with Crippen molar-refractivity contribution < 1.29 is 14.6 Å². The van der Waals surface area contributed by atoms with Gasteiger partial charge in [-0.15, -0.1) is 0 Å². The van der Waals surface area contributed by atoms with Crippen molar-refractivity contribution >= 4 is 5.97 Å². The van der Waals surface area contributed by atoms with Gasteiger partial charge in [0.2, 0.25) is 0 Å². The largest absolute Gasteiger partial charge is 0.480 e. The topological polar surface area (TPSA) is 72.5 Å². The Labute approximate surface area is 104 Å². The Bertz CT molecular complexity index is 239. The Morgan fingerprint density at radius 1 is 1.41 bits per heavy atom. The van der Waals surface area contributed by atoms with Crippen LogP contribution in [0.5, 0.6) is 0 Å². The summed E-state index contributed by atoms with van der Waals surface area (Å²) in [5.74, 6) is -0.905.